The molecule has 0 aromatic heterocycles. The Morgan fingerprint density at radius 2 is 1.38 bits per heavy atom. The van der Waals surface area contributed by atoms with Gasteiger partial charge in [-0.1, -0.05) is 91.0 Å². The molecule has 3 aromatic rings. The number of carbonyl (C=O) groups excluding carboxylic acids is 3. The van der Waals surface area contributed by atoms with E-state index in [4.69, 9.17) is 0 Å². The summed E-state index contributed by atoms with van der Waals surface area (Å²) in [6, 6.07) is 27.8. The van der Waals surface area contributed by atoms with Crippen LogP contribution in [0.3, 0.4) is 0 Å². The van der Waals surface area contributed by atoms with E-state index in [1.165, 1.54) is 0 Å². The SMILES string of the molecule is CC(C)N(Cc1ccccc1)C(=O)CN1C(=O)N[C@](Cc2ccccc2)(c2ccccc2)C1=O. The van der Waals surface area contributed by atoms with E-state index < -0.39 is 17.5 Å². The molecule has 0 radical (unpaired) electrons. The average molecular weight is 456 g/mol. The molecule has 1 saturated heterocycles. The zero-order valence-corrected chi connectivity index (χ0v) is 19.5. The summed E-state index contributed by atoms with van der Waals surface area (Å²) < 4.78 is 0. The Balaban J connectivity index is 1.61. The number of carbonyl (C=O) groups is 3. The number of urea groups is 1. The average Bonchev–Trinajstić information content (AvgIpc) is 3.09. The Hall–Kier alpha value is -3.93. The number of nitrogens with zero attached hydrogens (tertiary/aromatic N) is 2. The van der Waals surface area contributed by atoms with Gasteiger partial charge in [0.25, 0.3) is 5.91 Å². The smallest absolute Gasteiger partial charge is 0.325 e. The summed E-state index contributed by atoms with van der Waals surface area (Å²) in [7, 11) is 0. The summed E-state index contributed by atoms with van der Waals surface area (Å²) >= 11 is 0. The Bertz CT molecular complexity index is 1150. The van der Waals surface area contributed by atoms with Crippen molar-refractivity contribution in [3.05, 3.63) is 108 Å². The van der Waals surface area contributed by atoms with Gasteiger partial charge in [-0.3, -0.25) is 14.5 Å². The second kappa shape index (κ2) is 9.91. The Morgan fingerprint density at radius 3 is 1.94 bits per heavy atom. The van der Waals surface area contributed by atoms with Gasteiger partial charge in [0.05, 0.1) is 0 Å². The minimum absolute atomic E-state index is 0.0864. The van der Waals surface area contributed by atoms with Crippen LogP contribution in [0.15, 0.2) is 91.0 Å². The molecule has 0 bridgehead atoms. The fourth-order valence-corrected chi connectivity index (χ4v) is 4.38. The first-order valence-electron chi connectivity index (χ1n) is 11.5. The molecule has 1 atom stereocenters. The van der Waals surface area contributed by atoms with Crippen LogP contribution in [0.2, 0.25) is 0 Å². The normalized spacial score (nSPS) is 17.7. The number of hydrogen-bond acceptors (Lipinski definition) is 3. The predicted octanol–water partition coefficient (Wildman–Crippen LogP) is 4.11. The molecule has 1 fully saturated rings. The van der Waals surface area contributed by atoms with E-state index in [1.54, 1.807) is 4.90 Å². The predicted molar refractivity (Wildman–Crippen MR) is 131 cm³/mol. The molecule has 0 aliphatic carbocycles. The monoisotopic (exact) mass is 455 g/mol. The fraction of sp³-hybridized carbons (Fsp3) is 0.250. The summed E-state index contributed by atoms with van der Waals surface area (Å²) in [6.45, 7) is 3.96. The highest BCUT2D eigenvalue weighted by molar-refractivity contribution is 6.09. The van der Waals surface area contributed by atoms with Crippen LogP contribution in [-0.4, -0.2) is 40.2 Å². The lowest BCUT2D eigenvalue weighted by Crippen LogP contribution is -2.48. The molecule has 0 saturated carbocycles. The standard InChI is InChI=1S/C28H29N3O3/c1-21(2)30(19-23-14-8-4-9-15-23)25(32)20-31-26(33)28(29-27(31)34,24-16-10-5-11-17-24)18-22-12-6-3-7-13-22/h3-17,21H,18-20H2,1-2H3,(H,29,34)/t28-/m1/s1. The summed E-state index contributed by atoms with van der Waals surface area (Å²) in [5.74, 6) is -0.685. The minimum Gasteiger partial charge on any atom is -0.334 e. The van der Waals surface area contributed by atoms with Crippen molar-refractivity contribution < 1.29 is 14.4 Å². The minimum atomic E-state index is -1.26. The zero-order chi connectivity index (χ0) is 24.1. The van der Waals surface area contributed by atoms with Crippen LogP contribution in [-0.2, 0) is 28.1 Å². The van der Waals surface area contributed by atoms with Crippen LogP contribution in [0.1, 0.15) is 30.5 Å². The molecule has 6 heteroatoms. The van der Waals surface area contributed by atoms with E-state index in [9.17, 15) is 14.4 Å². The molecule has 34 heavy (non-hydrogen) atoms. The van der Waals surface area contributed by atoms with Crippen molar-refractivity contribution in [2.75, 3.05) is 6.54 Å². The van der Waals surface area contributed by atoms with Gasteiger partial charge < -0.3 is 10.2 Å². The molecule has 3 aromatic carbocycles. The Morgan fingerprint density at radius 1 is 0.853 bits per heavy atom. The van der Waals surface area contributed by atoms with Crippen LogP contribution in [0, 0.1) is 0 Å². The van der Waals surface area contributed by atoms with Gasteiger partial charge in [0.1, 0.15) is 6.54 Å². The Kier molecular flexibility index (Phi) is 6.77. The molecule has 1 N–H and O–H groups in total. The maximum atomic E-state index is 13.8. The van der Waals surface area contributed by atoms with Crippen LogP contribution in [0.5, 0.6) is 0 Å². The van der Waals surface area contributed by atoms with Gasteiger partial charge in [-0.25, -0.2) is 4.79 Å². The number of nitrogens with one attached hydrogen (secondary N) is 1. The van der Waals surface area contributed by atoms with Crippen LogP contribution in [0.25, 0.3) is 0 Å². The van der Waals surface area contributed by atoms with E-state index in [2.05, 4.69) is 5.32 Å². The topological polar surface area (TPSA) is 69.7 Å². The number of rotatable bonds is 8. The van der Waals surface area contributed by atoms with Crippen molar-refractivity contribution >= 4 is 17.8 Å². The number of hydrogen-bond donors (Lipinski definition) is 1. The second-order valence-electron chi connectivity index (χ2n) is 8.86. The van der Waals surface area contributed by atoms with Crippen molar-refractivity contribution in [3.63, 3.8) is 0 Å². The molecule has 0 unspecified atom stereocenters. The van der Waals surface area contributed by atoms with Crippen molar-refractivity contribution in [1.82, 2.24) is 15.1 Å². The second-order valence-corrected chi connectivity index (χ2v) is 8.86. The van der Waals surface area contributed by atoms with Crippen molar-refractivity contribution in [3.8, 4) is 0 Å². The molecule has 0 spiro atoms. The molecule has 1 aliphatic heterocycles. The summed E-state index contributed by atoms with van der Waals surface area (Å²) in [5, 5.41) is 2.92. The lowest BCUT2D eigenvalue weighted by atomic mass is 9.83. The fourth-order valence-electron chi connectivity index (χ4n) is 4.38. The molecule has 4 rings (SSSR count). The van der Waals surface area contributed by atoms with Gasteiger partial charge in [0.15, 0.2) is 5.54 Å². The highest BCUT2D eigenvalue weighted by Gasteiger charge is 2.53. The van der Waals surface area contributed by atoms with Crippen molar-refractivity contribution in [2.24, 2.45) is 0 Å². The van der Waals surface area contributed by atoms with Gasteiger partial charge in [0.2, 0.25) is 5.91 Å². The maximum Gasteiger partial charge on any atom is 0.325 e. The molecular formula is C28H29N3O3. The molecule has 174 valence electrons. The molecule has 6 nitrogen and oxygen atoms in total. The first-order chi connectivity index (χ1) is 16.4. The van der Waals surface area contributed by atoms with Crippen molar-refractivity contribution in [2.45, 2.75) is 38.4 Å². The molecule has 1 aliphatic rings. The number of amides is 4. The summed E-state index contributed by atoms with van der Waals surface area (Å²) in [4.78, 5) is 42.9. The lowest BCUT2D eigenvalue weighted by molar-refractivity contribution is -0.140. The van der Waals surface area contributed by atoms with Crippen molar-refractivity contribution in [1.29, 1.82) is 0 Å². The third kappa shape index (κ3) is 4.71. The zero-order valence-electron chi connectivity index (χ0n) is 19.5. The van der Waals surface area contributed by atoms with Gasteiger partial charge in [-0.15, -0.1) is 0 Å². The third-order valence-electron chi connectivity index (χ3n) is 6.19. The molecular weight excluding hydrogens is 426 g/mol. The van der Waals surface area contributed by atoms with Crippen LogP contribution < -0.4 is 5.32 Å². The maximum absolute atomic E-state index is 13.8. The van der Waals surface area contributed by atoms with Gasteiger partial charge in [-0.05, 0) is 30.5 Å². The molecule has 1 heterocycles. The van der Waals surface area contributed by atoms with E-state index in [-0.39, 0.29) is 18.5 Å². The summed E-state index contributed by atoms with van der Waals surface area (Å²) in [5.41, 5.74) is 1.34. The highest BCUT2D eigenvalue weighted by Crippen LogP contribution is 2.33. The van der Waals surface area contributed by atoms with E-state index >= 15 is 0 Å². The van der Waals surface area contributed by atoms with Gasteiger partial charge in [-0.2, -0.15) is 0 Å². The summed E-state index contributed by atoms with van der Waals surface area (Å²) in [6.07, 6.45) is 0.297. The van der Waals surface area contributed by atoms with Crippen LogP contribution >= 0.6 is 0 Å². The first-order valence-corrected chi connectivity index (χ1v) is 11.5. The highest BCUT2D eigenvalue weighted by atomic mass is 16.2. The third-order valence-corrected chi connectivity index (χ3v) is 6.19. The van der Waals surface area contributed by atoms with Crippen LogP contribution in [0.4, 0.5) is 4.79 Å². The van der Waals surface area contributed by atoms with E-state index in [1.807, 2.05) is 105 Å². The number of benzene rings is 3. The first kappa shape index (κ1) is 23.2. The van der Waals surface area contributed by atoms with E-state index in [0.29, 0.717) is 18.5 Å². The molecule has 4 amide bonds. The quantitative estimate of drug-likeness (QED) is 0.520. The van der Waals surface area contributed by atoms with Gasteiger partial charge in [0, 0.05) is 19.0 Å². The van der Waals surface area contributed by atoms with E-state index in [0.717, 1.165) is 16.0 Å². The Labute approximate surface area is 200 Å². The number of imide groups is 1. The lowest BCUT2D eigenvalue weighted by Gasteiger charge is -2.29. The van der Waals surface area contributed by atoms with Gasteiger partial charge >= 0.3 is 6.03 Å². The largest absolute Gasteiger partial charge is 0.334 e.